The number of benzene rings is 1. The van der Waals surface area contributed by atoms with E-state index in [0.717, 1.165) is 0 Å². The second-order valence-electron chi connectivity index (χ2n) is 2.84. The Balaban J connectivity index is 2.56. The van der Waals surface area contributed by atoms with E-state index >= 15 is 0 Å². The zero-order valence-electron chi connectivity index (χ0n) is 7.10. The maximum atomic E-state index is 10.4. The van der Waals surface area contributed by atoms with Crippen LogP contribution in [0.4, 0.5) is 0 Å². The molecule has 72 valence electrons. The van der Waals surface area contributed by atoms with Crippen molar-refractivity contribution in [2.45, 2.75) is 6.42 Å². The van der Waals surface area contributed by atoms with E-state index in [0.29, 0.717) is 11.1 Å². The van der Waals surface area contributed by atoms with E-state index in [-0.39, 0.29) is 17.8 Å². The minimum atomic E-state index is -1.00. The molecule has 0 aliphatic rings. The van der Waals surface area contributed by atoms with Gasteiger partial charge >= 0.3 is 5.97 Å². The number of fused-ring (bicyclic) bond motifs is 1. The van der Waals surface area contributed by atoms with Crippen molar-refractivity contribution in [3.63, 3.8) is 0 Å². The molecule has 0 bridgehead atoms. The predicted molar refractivity (Wildman–Crippen MR) is 47.0 cm³/mol. The molecule has 0 atom stereocenters. The zero-order valence-corrected chi connectivity index (χ0v) is 7.10. The lowest BCUT2D eigenvalue weighted by molar-refractivity contribution is -0.136. The molecule has 2 N–H and O–H groups in total. The van der Waals surface area contributed by atoms with Crippen LogP contribution in [0.15, 0.2) is 22.9 Å². The third-order valence-electron chi connectivity index (χ3n) is 1.90. The largest absolute Gasteiger partial charge is 0.504 e. The van der Waals surface area contributed by atoms with Crippen molar-refractivity contribution < 1.29 is 19.4 Å². The average Bonchev–Trinajstić information content (AvgIpc) is 2.57. The first-order valence-corrected chi connectivity index (χ1v) is 3.94. The van der Waals surface area contributed by atoms with Gasteiger partial charge in [0.05, 0.1) is 6.42 Å². The van der Waals surface area contributed by atoms with Gasteiger partial charge < -0.3 is 14.6 Å². The predicted octanol–water partition coefficient (Wildman–Crippen LogP) is 1.16. The summed E-state index contributed by atoms with van der Waals surface area (Å²) in [7, 11) is 0. The van der Waals surface area contributed by atoms with Gasteiger partial charge in [-0.1, -0.05) is 6.07 Å². The minimum Gasteiger partial charge on any atom is -0.504 e. The summed E-state index contributed by atoms with van der Waals surface area (Å²) in [5.74, 6) is -1.15. The molecule has 2 rings (SSSR count). The van der Waals surface area contributed by atoms with Crippen molar-refractivity contribution in [3.05, 3.63) is 24.1 Å². The highest BCUT2D eigenvalue weighted by Gasteiger charge is 2.12. The van der Waals surface area contributed by atoms with Crippen LogP contribution in [0.1, 0.15) is 5.56 Å². The van der Waals surface area contributed by atoms with Gasteiger partial charge in [-0.3, -0.25) is 4.79 Å². The molecule has 0 saturated carbocycles. The van der Waals surface area contributed by atoms with E-state index in [1.807, 2.05) is 0 Å². The topological polar surface area (TPSA) is 83.6 Å². The molecule has 0 fully saturated rings. The number of phenolic OH excluding ortho intramolecular Hbond substituents is 1. The fourth-order valence-corrected chi connectivity index (χ4v) is 1.26. The second-order valence-corrected chi connectivity index (χ2v) is 2.84. The number of carboxylic acids is 1. The van der Waals surface area contributed by atoms with Gasteiger partial charge in [0, 0.05) is 5.56 Å². The third-order valence-corrected chi connectivity index (χ3v) is 1.90. The third kappa shape index (κ3) is 1.28. The first kappa shape index (κ1) is 8.55. The summed E-state index contributed by atoms with van der Waals surface area (Å²) in [5.41, 5.74) is 1.06. The molecular weight excluding hydrogens is 186 g/mol. The molecule has 1 aromatic carbocycles. The molecule has 0 unspecified atom stereocenters. The summed E-state index contributed by atoms with van der Waals surface area (Å²) < 4.78 is 4.92. The summed E-state index contributed by atoms with van der Waals surface area (Å²) in [6, 6.07) is 3.13. The number of hydrogen-bond acceptors (Lipinski definition) is 4. The Morgan fingerprint density at radius 2 is 2.29 bits per heavy atom. The molecule has 14 heavy (non-hydrogen) atoms. The number of aliphatic carboxylic acids is 1. The molecule has 5 heteroatoms. The molecule has 0 amide bonds. The maximum absolute atomic E-state index is 10.4. The fraction of sp³-hybridized carbons (Fsp3) is 0.111. The van der Waals surface area contributed by atoms with E-state index in [1.165, 1.54) is 12.5 Å². The molecule has 1 aromatic heterocycles. The number of carboxylic acid groups (broad SMARTS) is 1. The highest BCUT2D eigenvalue weighted by molar-refractivity contribution is 5.82. The van der Waals surface area contributed by atoms with Gasteiger partial charge in [-0.15, -0.1) is 0 Å². The lowest BCUT2D eigenvalue weighted by Crippen LogP contribution is -2.00. The Morgan fingerprint density at radius 3 is 3.00 bits per heavy atom. The van der Waals surface area contributed by atoms with Crippen LogP contribution in [-0.2, 0) is 11.2 Å². The molecule has 0 aliphatic heterocycles. The Bertz CT molecular complexity index is 489. The number of carbonyl (C=O) groups is 1. The summed E-state index contributed by atoms with van der Waals surface area (Å²) in [4.78, 5) is 14.3. The van der Waals surface area contributed by atoms with Crippen molar-refractivity contribution in [2.75, 3.05) is 0 Å². The summed E-state index contributed by atoms with van der Waals surface area (Å²) >= 11 is 0. The van der Waals surface area contributed by atoms with Crippen LogP contribution in [0.25, 0.3) is 11.1 Å². The van der Waals surface area contributed by atoms with Crippen molar-refractivity contribution in [1.82, 2.24) is 4.98 Å². The number of phenols is 1. The number of rotatable bonds is 2. The van der Waals surface area contributed by atoms with Crippen LogP contribution >= 0.6 is 0 Å². The van der Waals surface area contributed by atoms with Crippen molar-refractivity contribution in [2.24, 2.45) is 0 Å². The first-order valence-electron chi connectivity index (χ1n) is 3.94. The van der Waals surface area contributed by atoms with E-state index in [9.17, 15) is 9.90 Å². The second kappa shape index (κ2) is 3.02. The molecule has 0 spiro atoms. The number of aromatic hydroxyl groups is 1. The fourth-order valence-electron chi connectivity index (χ4n) is 1.26. The Kier molecular flexibility index (Phi) is 1.85. The van der Waals surface area contributed by atoms with Gasteiger partial charge in [0.1, 0.15) is 5.52 Å². The number of hydrogen-bond donors (Lipinski definition) is 2. The SMILES string of the molecule is O=C(O)Cc1ccc2ncoc2c1O. The quantitative estimate of drug-likeness (QED) is 0.747. The molecule has 5 nitrogen and oxygen atoms in total. The van der Waals surface area contributed by atoms with Crippen LogP contribution in [-0.4, -0.2) is 21.2 Å². The van der Waals surface area contributed by atoms with Crippen molar-refractivity contribution >= 4 is 17.1 Å². The van der Waals surface area contributed by atoms with E-state index in [1.54, 1.807) is 6.07 Å². The highest BCUT2D eigenvalue weighted by atomic mass is 16.4. The lowest BCUT2D eigenvalue weighted by Gasteiger charge is -2.00. The number of aromatic nitrogens is 1. The highest BCUT2D eigenvalue weighted by Crippen LogP contribution is 2.28. The van der Waals surface area contributed by atoms with Crippen molar-refractivity contribution in [3.8, 4) is 5.75 Å². The minimum absolute atomic E-state index is 0.151. The maximum Gasteiger partial charge on any atom is 0.307 e. The Hall–Kier alpha value is -2.04. The van der Waals surface area contributed by atoms with Crippen LogP contribution in [0.5, 0.6) is 5.75 Å². The van der Waals surface area contributed by atoms with Gasteiger partial charge in [0.25, 0.3) is 0 Å². The Labute approximate surface area is 78.6 Å². The monoisotopic (exact) mass is 193 g/mol. The van der Waals surface area contributed by atoms with E-state index in [2.05, 4.69) is 4.98 Å². The van der Waals surface area contributed by atoms with Crippen LogP contribution in [0.3, 0.4) is 0 Å². The molecule has 0 saturated heterocycles. The van der Waals surface area contributed by atoms with Gasteiger partial charge in [-0.05, 0) is 6.07 Å². The summed E-state index contributed by atoms with van der Waals surface area (Å²) in [5, 5.41) is 18.1. The molecular formula is C9H7NO4. The van der Waals surface area contributed by atoms with Crippen molar-refractivity contribution in [1.29, 1.82) is 0 Å². The summed E-state index contributed by atoms with van der Waals surface area (Å²) in [6.45, 7) is 0. The van der Waals surface area contributed by atoms with Crippen LogP contribution in [0, 0.1) is 0 Å². The van der Waals surface area contributed by atoms with Gasteiger partial charge in [0.2, 0.25) is 0 Å². The molecule has 0 radical (unpaired) electrons. The smallest absolute Gasteiger partial charge is 0.307 e. The summed E-state index contributed by atoms with van der Waals surface area (Å²) in [6.07, 6.45) is 0.970. The van der Waals surface area contributed by atoms with Crippen LogP contribution < -0.4 is 0 Å². The average molecular weight is 193 g/mol. The van der Waals surface area contributed by atoms with Crippen LogP contribution in [0.2, 0.25) is 0 Å². The number of oxazole rings is 1. The van der Waals surface area contributed by atoms with E-state index in [4.69, 9.17) is 9.52 Å². The van der Waals surface area contributed by atoms with E-state index < -0.39 is 5.97 Å². The first-order chi connectivity index (χ1) is 6.68. The lowest BCUT2D eigenvalue weighted by atomic mass is 10.1. The zero-order chi connectivity index (χ0) is 10.1. The van der Waals surface area contributed by atoms with Gasteiger partial charge in [-0.25, -0.2) is 4.98 Å². The number of nitrogens with zero attached hydrogens (tertiary/aromatic N) is 1. The molecule has 1 heterocycles. The molecule has 2 aromatic rings. The standard InChI is InChI=1S/C9H7NO4/c11-7(12)3-5-1-2-6-9(8(5)13)14-4-10-6/h1-2,4,13H,3H2,(H,11,12). The van der Waals surface area contributed by atoms with Gasteiger partial charge in [0.15, 0.2) is 17.7 Å². The normalized spacial score (nSPS) is 10.6. The molecule has 0 aliphatic carbocycles. The van der Waals surface area contributed by atoms with Gasteiger partial charge in [-0.2, -0.15) is 0 Å². The Morgan fingerprint density at radius 1 is 1.50 bits per heavy atom.